The fraction of sp³-hybridized carbons (Fsp3) is 0.256. The molecule has 1 aliphatic rings. The summed E-state index contributed by atoms with van der Waals surface area (Å²) in [7, 11) is 0. The Hall–Kier alpha value is -4.36. The summed E-state index contributed by atoms with van der Waals surface area (Å²) in [5.41, 5.74) is 9.69. The fourth-order valence-electron chi connectivity index (χ4n) is 5.53. The normalized spacial score (nSPS) is 22.9. The zero-order chi connectivity index (χ0) is 32.1. The predicted molar refractivity (Wildman–Crippen MR) is 198 cm³/mol. The summed E-state index contributed by atoms with van der Waals surface area (Å²) in [6, 6.07) is 19.4. The molecule has 44 heavy (non-hydrogen) atoms. The largest absolute Gasteiger partial charge is 0.309 e. The van der Waals surface area contributed by atoms with E-state index in [0.29, 0.717) is 17.8 Å². The maximum Gasteiger partial charge on any atom is 0.0541 e. The summed E-state index contributed by atoms with van der Waals surface area (Å²) in [5.74, 6) is 1.11. The number of rotatable bonds is 7. The molecular weight excluding hydrogens is 530 g/mol. The average Bonchev–Trinajstić information content (AvgIpc) is 3.37. The molecule has 0 N–H and O–H groups in total. The Morgan fingerprint density at radius 3 is 2.09 bits per heavy atom. The predicted octanol–water partition coefficient (Wildman–Crippen LogP) is 12.7. The van der Waals surface area contributed by atoms with Crippen LogP contribution in [-0.2, 0) is 0 Å². The van der Waals surface area contributed by atoms with Crippen molar-refractivity contribution < 1.29 is 0 Å². The number of hydrogen-bond acceptors (Lipinski definition) is 0. The molecule has 0 saturated heterocycles. The first-order valence-electron chi connectivity index (χ1n) is 16.2. The van der Waals surface area contributed by atoms with E-state index in [-0.39, 0.29) is 0 Å². The Morgan fingerprint density at radius 2 is 1.43 bits per heavy atom. The average molecular weight is 582 g/mol. The third-order valence-corrected chi connectivity index (χ3v) is 8.39. The lowest BCUT2D eigenvalue weighted by Gasteiger charge is -2.20. The van der Waals surface area contributed by atoms with Crippen molar-refractivity contribution in [1.82, 2.24) is 4.57 Å². The number of allylic oxidation sites excluding steroid dienone is 14. The van der Waals surface area contributed by atoms with Gasteiger partial charge in [-0.1, -0.05) is 158 Å². The molecular formula is C43H51N. The smallest absolute Gasteiger partial charge is 0.0541 e. The highest BCUT2D eigenvalue weighted by Gasteiger charge is 2.17. The summed E-state index contributed by atoms with van der Waals surface area (Å²) >= 11 is 0. The Kier molecular flexibility index (Phi) is 13.2. The van der Waals surface area contributed by atoms with E-state index in [1.54, 1.807) is 0 Å². The van der Waals surface area contributed by atoms with E-state index < -0.39 is 0 Å². The summed E-state index contributed by atoms with van der Waals surface area (Å²) in [6.45, 7) is 23.4. The van der Waals surface area contributed by atoms with Gasteiger partial charge in [-0.2, -0.15) is 0 Å². The third-order valence-electron chi connectivity index (χ3n) is 8.39. The number of aromatic nitrogens is 1. The van der Waals surface area contributed by atoms with Crippen LogP contribution in [0.15, 0.2) is 151 Å². The van der Waals surface area contributed by atoms with Gasteiger partial charge >= 0.3 is 0 Å². The van der Waals surface area contributed by atoms with Crippen molar-refractivity contribution in [2.45, 2.75) is 54.9 Å². The quantitative estimate of drug-likeness (QED) is 0.245. The van der Waals surface area contributed by atoms with Crippen LogP contribution in [0.1, 0.15) is 66.1 Å². The first-order chi connectivity index (χ1) is 21.4. The standard InChI is InChI=1S/C41H45N.C2H6/c1-8-18-33(7)35(19-9-2)37-22-14-15-23-39-38-24-16-17-25-40(38)42(34-20-12-11-13-21-34)41(39)29-27-32(6)31(5)26-28-36(37)30(4)10-3;1-2/h8-9,11-32H,1-2,10H2,3-7H3;1-2H3/b22-14-,23-15-,28-26-,29-27-,33-18-,35-19+,37-36-;. The van der Waals surface area contributed by atoms with Gasteiger partial charge in [-0.25, -0.2) is 0 Å². The topological polar surface area (TPSA) is 4.93 Å². The van der Waals surface area contributed by atoms with Crippen molar-refractivity contribution >= 4 is 23.1 Å². The van der Waals surface area contributed by atoms with Crippen molar-refractivity contribution in [3.05, 3.63) is 162 Å². The van der Waals surface area contributed by atoms with E-state index in [1.165, 1.54) is 44.5 Å². The monoisotopic (exact) mass is 581 g/mol. The van der Waals surface area contributed by atoms with Crippen molar-refractivity contribution in [1.29, 1.82) is 0 Å². The minimum Gasteiger partial charge on any atom is -0.309 e. The second-order valence-electron chi connectivity index (χ2n) is 11.2. The van der Waals surface area contributed by atoms with E-state index in [0.717, 1.165) is 12.1 Å². The molecule has 0 aliphatic heterocycles. The van der Waals surface area contributed by atoms with Gasteiger partial charge in [0, 0.05) is 16.6 Å². The van der Waals surface area contributed by atoms with E-state index in [1.807, 2.05) is 26.0 Å². The molecule has 0 spiro atoms. The molecule has 1 aromatic heterocycles. The van der Waals surface area contributed by atoms with Gasteiger partial charge in [0.25, 0.3) is 0 Å². The van der Waals surface area contributed by atoms with E-state index in [2.05, 4.69) is 168 Å². The molecule has 1 heterocycles. The van der Waals surface area contributed by atoms with Crippen LogP contribution < -0.4 is 0 Å². The number of hydrogen-bond donors (Lipinski definition) is 0. The van der Waals surface area contributed by atoms with Gasteiger partial charge < -0.3 is 4.57 Å². The molecule has 1 heteroatoms. The van der Waals surface area contributed by atoms with Crippen molar-refractivity contribution in [2.24, 2.45) is 17.8 Å². The summed E-state index contributed by atoms with van der Waals surface area (Å²) in [5, 5.41) is 1.24. The molecule has 0 fully saturated rings. The SMILES string of the molecule is C=C\C=C(C)/C(=C\C=C)C1=C(C(C)CC)/C=C\C(C)C(C)/C=C\c2c(c3ccccc3n2-c2ccccc2)\C=C/C=C\1.CC. The second kappa shape index (κ2) is 17.1. The van der Waals surface area contributed by atoms with E-state index in [9.17, 15) is 0 Å². The lowest BCUT2D eigenvalue weighted by Crippen LogP contribution is -2.06. The second-order valence-corrected chi connectivity index (χ2v) is 11.2. The summed E-state index contributed by atoms with van der Waals surface area (Å²) in [6.07, 6.45) is 27.3. The molecule has 3 aromatic rings. The van der Waals surface area contributed by atoms with Crippen LogP contribution >= 0.6 is 0 Å². The Bertz CT molecular complexity index is 1620. The van der Waals surface area contributed by atoms with E-state index in [4.69, 9.17) is 0 Å². The molecule has 1 nitrogen and oxygen atoms in total. The molecule has 2 aromatic carbocycles. The molecule has 4 rings (SSSR count). The van der Waals surface area contributed by atoms with Crippen LogP contribution in [0.2, 0.25) is 0 Å². The Labute approximate surface area is 267 Å². The molecule has 0 amide bonds. The van der Waals surface area contributed by atoms with Crippen LogP contribution in [0, 0.1) is 17.8 Å². The van der Waals surface area contributed by atoms with Gasteiger partial charge in [0.15, 0.2) is 0 Å². The van der Waals surface area contributed by atoms with Gasteiger partial charge in [0.2, 0.25) is 0 Å². The molecule has 3 unspecified atom stereocenters. The maximum absolute atomic E-state index is 4.04. The highest BCUT2D eigenvalue weighted by atomic mass is 15.0. The first kappa shape index (κ1) is 34.1. The molecule has 228 valence electrons. The Morgan fingerprint density at radius 1 is 0.818 bits per heavy atom. The third kappa shape index (κ3) is 7.97. The summed E-state index contributed by atoms with van der Waals surface area (Å²) in [4.78, 5) is 0. The zero-order valence-electron chi connectivity index (χ0n) is 27.9. The number of para-hydroxylation sites is 2. The van der Waals surface area contributed by atoms with Crippen molar-refractivity contribution in [2.75, 3.05) is 0 Å². The van der Waals surface area contributed by atoms with Gasteiger partial charge in [-0.05, 0) is 77.7 Å². The number of fused-ring (bicyclic) bond motifs is 3. The van der Waals surface area contributed by atoms with Gasteiger partial charge in [-0.15, -0.1) is 0 Å². The van der Waals surface area contributed by atoms with Crippen LogP contribution in [0.4, 0.5) is 0 Å². The van der Waals surface area contributed by atoms with Crippen LogP contribution in [0.5, 0.6) is 0 Å². The maximum atomic E-state index is 4.04. The van der Waals surface area contributed by atoms with E-state index >= 15 is 0 Å². The number of nitrogens with zero attached hydrogens (tertiary/aromatic N) is 1. The molecule has 1 aliphatic carbocycles. The zero-order valence-corrected chi connectivity index (χ0v) is 27.9. The highest BCUT2D eigenvalue weighted by molar-refractivity contribution is 5.95. The van der Waals surface area contributed by atoms with Crippen LogP contribution in [0.25, 0.3) is 28.7 Å². The summed E-state index contributed by atoms with van der Waals surface area (Å²) < 4.78 is 2.38. The number of benzene rings is 2. The fourth-order valence-corrected chi connectivity index (χ4v) is 5.53. The van der Waals surface area contributed by atoms with Crippen molar-refractivity contribution in [3.8, 4) is 5.69 Å². The van der Waals surface area contributed by atoms with Gasteiger partial charge in [0.05, 0.1) is 11.2 Å². The van der Waals surface area contributed by atoms with Crippen LogP contribution in [-0.4, -0.2) is 4.57 Å². The molecule has 0 bridgehead atoms. The highest BCUT2D eigenvalue weighted by Crippen LogP contribution is 2.34. The lowest BCUT2D eigenvalue weighted by molar-refractivity contribution is 0.558. The van der Waals surface area contributed by atoms with Gasteiger partial charge in [0.1, 0.15) is 0 Å². The van der Waals surface area contributed by atoms with Crippen LogP contribution in [0.3, 0.4) is 0 Å². The minimum absolute atomic E-state index is 0.353. The first-order valence-corrected chi connectivity index (χ1v) is 16.2. The van der Waals surface area contributed by atoms with Gasteiger partial charge in [-0.3, -0.25) is 0 Å². The Balaban J connectivity index is 0.00000259. The molecule has 0 radical (unpaired) electrons. The molecule has 0 saturated carbocycles. The minimum atomic E-state index is 0.353. The lowest BCUT2D eigenvalue weighted by atomic mass is 9.85. The van der Waals surface area contributed by atoms with Crippen molar-refractivity contribution in [3.63, 3.8) is 0 Å². The molecule has 3 atom stereocenters.